The van der Waals surface area contributed by atoms with Crippen LogP contribution in [0.1, 0.15) is 10.4 Å². The normalized spacial score (nSPS) is 10.8. The molecule has 0 unspecified atom stereocenters. The summed E-state index contributed by atoms with van der Waals surface area (Å²) >= 11 is 5.83. The highest BCUT2D eigenvalue weighted by molar-refractivity contribution is 6.31. The summed E-state index contributed by atoms with van der Waals surface area (Å²) in [6.07, 6.45) is 0. The lowest BCUT2D eigenvalue weighted by atomic mass is 10.2. The Balaban J connectivity index is 2.15. The number of benzene rings is 2. The Morgan fingerprint density at radius 1 is 1.21 bits per heavy atom. The molecule has 0 radical (unpaired) electrons. The second-order valence-corrected chi connectivity index (χ2v) is 4.36. The second kappa shape index (κ2) is 4.44. The van der Waals surface area contributed by atoms with Crippen molar-refractivity contribution in [3.63, 3.8) is 0 Å². The highest BCUT2D eigenvalue weighted by atomic mass is 35.5. The summed E-state index contributed by atoms with van der Waals surface area (Å²) in [5.74, 6) is -1.16. The van der Waals surface area contributed by atoms with E-state index < -0.39 is 11.7 Å². The van der Waals surface area contributed by atoms with Gasteiger partial charge in [-0.1, -0.05) is 28.9 Å². The first kappa shape index (κ1) is 11.8. The molecule has 0 aliphatic carbocycles. The van der Waals surface area contributed by atoms with Gasteiger partial charge in [0.25, 0.3) is 5.91 Å². The minimum absolute atomic E-state index is 0.0516. The van der Waals surface area contributed by atoms with Gasteiger partial charge in [-0.25, -0.2) is 4.39 Å². The summed E-state index contributed by atoms with van der Waals surface area (Å²) in [5, 5.41) is 8.08. The van der Waals surface area contributed by atoms with Crippen molar-refractivity contribution in [2.24, 2.45) is 0 Å². The molecule has 0 saturated heterocycles. The number of aromatic nitrogens is 3. The molecule has 0 N–H and O–H groups in total. The maximum Gasteiger partial charge on any atom is 0.283 e. The van der Waals surface area contributed by atoms with E-state index in [1.54, 1.807) is 24.3 Å². The van der Waals surface area contributed by atoms with Gasteiger partial charge in [0.15, 0.2) is 0 Å². The first-order valence-corrected chi connectivity index (χ1v) is 5.85. The summed E-state index contributed by atoms with van der Waals surface area (Å²) in [6.45, 7) is 0. The zero-order valence-electron chi connectivity index (χ0n) is 9.55. The molecule has 0 atom stereocenters. The maximum atomic E-state index is 13.6. The molecule has 6 heteroatoms. The smallest absolute Gasteiger partial charge is 0.267 e. The van der Waals surface area contributed by atoms with Crippen LogP contribution in [-0.2, 0) is 0 Å². The zero-order valence-corrected chi connectivity index (χ0v) is 10.3. The van der Waals surface area contributed by atoms with Crippen LogP contribution >= 0.6 is 11.6 Å². The average molecular weight is 276 g/mol. The van der Waals surface area contributed by atoms with Crippen LogP contribution in [0.3, 0.4) is 0 Å². The van der Waals surface area contributed by atoms with E-state index in [1.807, 2.05) is 0 Å². The van der Waals surface area contributed by atoms with Crippen molar-refractivity contribution in [1.82, 2.24) is 15.0 Å². The van der Waals surface area contributed by atoms with E-state index in [1.165, 1.54) is 18.2 Å². The van der Waals surface area contributed by atoms with Crippen LogP contribution in [0.2, 0.25) is 5.02 Å². The minimum Gasteiger partial charge on any atom is -0.267 e. The Morgan fingerprint density at radius 3 is 2.79 bits per heavy atom. The molecule has 0 fully saturated rings. The van der Waals surface area contributed by atoms with E-state index in [2.05, 4.69) is 10.3 Å². The molecule has 2 aromatic carbocycles. The van der Waals surface area contributed by atoms with E-state index in [0.717, 1.165) is 4.68 Å². The summed E-state index contributed by atoms with van der Waals surface area (Å²) in [4.78, 5) is 12.2. The molecule has 4 nitrogen and oxygen atoms in total. The van der Waals surface area contributed by atoms with E-state index in [0.29, 0.717) is 16.1 Å². The average Bonchev–Trinajstić information content (AvgIpc) is 2.81. The van der Waals surface area contributed by atoms with Gasteiger partial charge < -0.3 is 0 Å². The van der Waals surface area contributed by atoms with Gasteiger partial charge in [-0.2, -0.15) is 4.68 Å². The Bertz CT molecular complexity index is 784. The van der Waals surface area contributed by atoms with Crippen molar-refractivity contribution in [1.29, 1.82) is 0 Å². The van der Waals surface area contributed by atoms with Crippen molar-refractivity contribution in [3.8, 4) is 0 Å². The summed E-state index contributed by atoms with van der Waals surface area (Å²) in [6, 6.07) is 10.6. The third-order valence-electron chi connectivity index (χ3n) is 2.70. The zero-order chi connectivity index (χ0) is 13.4. The van der Waals surface area contributed by atoms with Crippen LogP contribution in [0.15, 0.2) is 42.5 Å². The molecule has 3 rings (SSSR count). The van der Waals surface area contributed by atoms with Crippen LogP contribution in [0, 0.1) is 5.82 Å². The third kappa shape index (κ3) is 1.98. The van der Waals surface area contributed by atoms with Gasteiger partial charge in [0.2, 0.25) is 0 Å². The fourth-order valence-electron chi connectivity index (χ4n) is 1.80. The Kier molecular flexibility index (Phi) is 2.76. The van der Waals surface area contributed by atoms with Crippen molar-refractivity contribution in [3.05, 3.63) is 58.9 Å². The van der Waals surface area contributed by atoms with E-state index in [9.17, 15) is 9.18 Å². The molecule has 0 bridgehead atoms. The molecule has 0 aliphatic heterocycles. The molecular weight excluding hydrogens is 269 g/mol. The number of hydrogen-bond donors (Lipinski definition) is 0. The predicted octanol–water partition coefficient (Wildman–Crippen LogP) is 2.91. The lowest BCUT2D eigenvalue weighted by Crippen LogP contribution is -2.15. The number of carbonyl (C=O) groups excluding carboxylic acids is 1. The van der Waals surface area contributed by atoms with E-state index >= 15 is 0 Å². The lowest BCUT2D eigenvalue weighted by molar-refractivity contribution is 0.0944. The molecule has 19 heavy (non-hydrogen) atoms. The van der Waals surface area contributed by atoms with Gasteiger partial charge in [-0.3, -0.25) is 4.79 Å². The quantitative estimate of drug-likeness (QED) is 0.686. The van der Waals surface area contributed by atoms with Crippen molar-refractivity contribution >= 4 is 28.5 Å². The molecule has 1 heterocycles. The van der Waals surface area contributed by atoms with Gasteiger partial charge in [0, 0.05) is 5.02 Å². The molecule has 3 aromatic rings. The molecule has 1 aromatic heterocycles. The van der Waals surface area contributed by atoms with Gasteiger partial charge in [0.1, 0.15) is 11.3 Å². The lowest BCUT2D eigenvalue weighted by Gasteiger charge is -2.02. The van der Waals surface area contributed by atoms with Crippen LogP contribution in [0.25, 0.3) is 11.0 Å². The van der Waals surface area contributed by atoms with Crippen LogP contribution < -0.4 is 0 Å². The Labute approximate surface area is 112 Å². The van der Waals surface area contributed by atoms with Crippen molar-refractivity contribution in [2.45, 2.75) is 0 Å². The predicted molar refractivity (Wildman–Crippen MR) is 68.7 cm³/mol. The van der Waals surface area contributed by atoms with Gasteiger partial charge in [0.05, 0.1) is 11.1 Å². The molecule has 94 valence electrons. The molecular formula is C13H7ClFN3O. The molecule has 0 saturated carbocycles. The SMILES string of the molecule is O=C(c1ccccc1F)n1nnc2cc(Cl)ccc21. The van der Waals surface area contributed by atoms with Gasteiger partial charge in [-0.05, 0) is 30.3 Å². The molecule has 0 spiro atoms. The number of carbonyl (C=O) groups is 1. The fourth-order valence-corrected chi connectivity index (χ4v) is 1.96. The molecule has 0 amide bonds. The second-order valence-electron chi connectivity index (χ2n) is 3.92. The highest BCUT2D eigenvalue weighted by Gasteiger charge is 2.17. The van der Waals surface area contributed by atoms with Gasteiger partial charge >= 0.3 is 0 Å². The highest BCUT2D eigenvalue weighted by Crippen LogP contribution is 2.18. The number of fused-ring (bicyclic) bond motifs is 1. The van der Waals surface area contributed by atoms with Crippen LogP contribution in [-0.4, -0.2) is 20.9 Å². The fraction of sp³-hybridized carbons (Fsp3) is 0. The summed E-state index contributed by atoms with van der Waals surface area (Å²) in [5.41, 5.74) is 0.916. The molecule has 0 aliphatic rings. The van der Waals surface area contributed by atoms with Crippen molar-refractivity contribution in [2.75, 3.05) is 0 Å². The summed E-state index contributed by atoms with van der Waals surface area (Å²) in [7, 11) is 0. The summed E-state index contributed by atoms with van der Waals surface area (Å²) < 4.78 is 14.7. The topological polar surface area (TPSA) is 47.8 Å². The Hall–Kier alpha value is -2.27. The van der Waals surface area contributed by atoms with E-state index in [4.69, 9.17) is 11.6 Å². The first-order valence-electron chi connectivity index (χ1n) is 5.47. The standard InChI is InChI=1S/C13H7ClFN3O/c14-8-5-6-12-11(7-8)16-17-18(12)13(19)9-3-1-2-4-10(9)15/h1-7H. The monoisotopic (exact) mass is 275 g/mol. The van der Waals surface area contributed by atoms with Gasteiger partial charge in [-0.15, -0.1) is 5.10 Å². The number of hydrogen-bond acceptors (Lipinski definition) is 3. The first-order chi connectivity index (χ1) is 9.16. The van der Waals surface area contributed by atoms with Crippen molar-refractivity contribution < 1.29 is 9.18 Å². The third-order valence-corrected chi connectivity index (χ3v) is 2.94. The minimum atomic E-state index is -0.592. The number of rotatable bonds is 1. The largest absolute Gasteiger partial charge is 0.283 e. The number of halogens is 2. The maximum absolute atomic E-state index is 13.6. The van der Waals surface area contributed by atoms with E-state index in [-0.39, 0.29) is 5.56 Å². The van der Waals surface area contributed by atoms with Crippen LogP contribution in [0.4, 0.5) is 4.39 Å². The van der Waals surface area contributed by atoms with Crippen LogP contribution in [0.5, 0.6) is 0 Å². The Morgan fingerprint density at radius 2 is 2.00 bits per heavy atom. The number of nitrogens with zero attached hydrogens (tertiary/aromatic N) is 3.